The molecule has 2 heterocycles. The summed E-state index contributed by atoms with van der Waals surface area (Å²) in [7, 11) is 0. The number of nitrogens with one attached hydrogen (secondary N) is 2. The van der Waals surface area contributed by atoms with Gasteiger partial charge in [-0.3, -0.25) is 0 Å². The van der Waals surface area contributed by atoms with E-state index in [2.05, 4.69) is 65.8 Å². The van der Waals surface area contributed by atoms with Crippen molar-refractivity contribution in [2.75, 3.05) is 6.54 Å². The lowest BCUT2D eigenvalue weighted by Gasteiger charge is -2.36. The Morgan fingerprint density at radius 2 is 1.73 bits per heavy atom. The number of hydrogen-bond acceptors (Lipinski definition) is 1. The zero-order valence-electron chi connectivity index (χ0n) is 17.1. The number of amides is 2. The smallest absolute Gasteiger partial charge is 0.318 e. The molecule has 2 N–H and O–H groups in total. The maximum Gasteiger partial charge on any atom is 0.318 e. The first kappa shape index (κ1) is 18.5. The largest absolute Gasteiger partial charge is 0.356 e. The SMILES string of the molecule is Cc1ccc([C@@H]2c3[nH]c4ccccc4c3CCN2C(=O)NCc2ccccc2)cc1. The average Bonchev–Trinajstić information content (AvgIpc) is 3.17. The number of aromatic amines is 1. The van der Waals surface area contributed by atoms with Crippen LogP contribution in [-0.2, 0) is 13.0 Å². The molecule has 4 nitrogen and oxygen atoms in total. The Morgan fingerprint density at radius 3 is 2.53 bits per heavy atom. The van der Waals surface area contributed by atoms with Gasteiger partial charge in [0.1, 0.15) is 0 Å². The fraction of sp³-hybridized carbons (Fsp3) is 0.192. The van der Waals surface area contributed by atoms with Crippen molar-refractivity contribution in [3.8, 4) is 0 Å². The van der Waals surface area contributed by atoms with Crippen LogP contribution in [0.5, 0.6) is 0 Å². The van der Waals surface area contributed by atoms with Gasteiger partial charge in [-0.25, -0.2) is 4.79 Å². The Bertz CT molecular complexity index is 1180. The number of para-hydroxylation sites is 1. The molecule has 0 aliphatic carbocycles. The lowest BCUT2D eigenvalue weighted by Crippen LogP contribution is -2.45. The van der Waals surface area contributed by atoms with Crippen LogP contribution in [0, 0.1) is 6.92 Å². The van der Waals surface area contributed by atoms with E-state index in [1.54, 1.807) is 0 Å². The number of urea groups is 1. The lowest BCUT2D eigenvalue weighted by atomic mass is 9.92. The van der Waals surface area contributed by atoms with Gasteiger partial charge in [-0.05, 0) is 36.1 Å². The summed E-state index contributed by atoms with van der Waals surface area (Å²) in [5.41, 5.74) is 7.02. The van der Waals surface area contributed by atoms with Crippen molar-refractivity contribution in [3.63, 3.8) is 0 Å². The molecule has 30 heavy (non-hydrogen) atoms. The van der Waals surface area contributed by atoms with Crippen molar-refractivity contribution in [1.29, 1.82) is 0 Å². The molecule has 0 spiro atoms. The van der Waals surface area contributed by atoms with E-state index in [1.165, 1.54) is 16.5 Å². The normalized spacial score (nSPS) is 15.8. The standard InChI is InChI=1S/C26H25N3O/c1-18-11-13-20(14-12-18)25-24-22(21-9-5-6-10-23(21)28-24)15-16-29(25)26(30)27-17-19-7-3-2-4-8-19/h2-14,25,28H,15-17H2,1H3,(H,27,30)/t25-/m1/s1. The van der Waals surface area contributed by atoms with Gasteiger partial charge in [0, 0.05) is 29.7 Å². The molecule has 1 aliphatic heterocycles. The van der Waals surface area contributed by atoms with Crippen LogP contribution >= 0.6 is 0 Å². The quantitative estimate of drug-likeness (QED) is 0.484. The van der Waals surface area contributed by atoms with E-state index < -0.39 is 0 Å². The number of H-pyrrole nitrogens is 1. The Balaban J connectivity index is 1.51. The van der Waals surface area contributed by atoms with Gasteiger partial charge >= 0.3 is 6.03 Å². The summed E-state index contributed by atoms with van der Waals surface area (Å²) in [5.74, 6) is 0. The van der Waals surface area contributed by atoms with Crippen molar-refractivity contribution >= 4 is 16.9 Å². The molecule has 0 fully saturated rings. The molecule has 3 aromatic carbocycles. The number of nitrogens with zero attached hydrogens (tertiary/aromatic N) is 1. The molecular weight excluding hydrogens is 370 g/mol. The number of hydrogen-bond donors (Lipinski definition) is 2. The van der Waals surface area contributed by atoms with E-state index in [0.29, 0.717) is 13.1 Å². The van der Waals surface area contributed by atoms with E-state index in [-0.39, 0.29) is 12.1 Å². The summed E-state index contributed by atoms with van der Waals surface area (Å²) in [6.07, 6.45) is 0.848. The van der Waals surface area contributed by atoms with E-state index in [0.717, 1.165) is 28.8 Å². The van der Waals surface area contributed by atoms with Crippen LogP contribution in [0.2, 0.25) is 0 Å². The maximum atomic E-state index is 13.2. The molecule has 1 aromatic heterocycles. The van der Waals surface area contributed by atoms with Gasteiger partial charge in [0.2, 0.25) is 0 Å². The molecule has 1 atom stereocenters. The van der Waals surface area contributed by atoms with E-state index in [4.69, 9.17) is 0 Å². The van der Waals surface area contributed by atoms with Crippen molar-refractivity contribution in [2.24, 2.45) is 0 Å². The molecule has 150 valence electrons. The second-order valence-electron chi connectivity index (χ2n) is 7.96. The van der Waals surface area contributed by atoms with Crippen LogP contribution in [0.4, 0.5) is 4.79 Å². The summed E-state index contributed by atoms with van der Waals surface area (Å²) in [6.45, 7) is 3.30. The Kier molecular flexibility index (Phi) is 4.75. The zero-order chi connectivity index (χ0) is 20.5. The minimum Gasteiger partial charge on any atom is -0.356 e. The molecule has 0 unspecified atom stereocenters. The van der Waals surface area contributed by atoms with Crippen LogP contribution in [0.25, 0.3) is 10.9 Å². The number of aromatic nitrogens is 1. The van der Waals surface area contributed by atoms with Gasteiger partial charge in [0.25, 0.3) is 0 Å². The van der Waals surface area contributed by atoms with Gasteiger partial charge in [0.15, 0.2) is 0 Å². The van der Waals surface area contributed by atoms with E-state index >= 15 is 0 Å². The van der Waals surface area contributed by atoms with Crippen molar-refractivity contribution < 1.29 is 4.79 Å². The Hall–Kier alpha value is -3.53. The first-order valence-electron chi connectivity index (χ1n) is 10.4. The van der Waals surface area contributed by atoms with E-state index in [1.807, 2.05) is 35.2 Å². The summed E-state index contributed by atoms with van der Waals surface area (Å²) in [6, 6.07) is 26.8. The highest BCUT2D eigenvalue weighted by atomic mass is 16.2. The van der Waals surface area contributed by atoms with Crippen LogP contribution in [0.3, 0.4) is 0 Å². The van der Waals surface area contributed by atoms with Crippen LogP contribution in [0.15, 0.2) is 78.9 Å². The number of carbonyl (C=O) groups excluding carboxylic acids is 1. The minimum absolute atomic E-state index is 0.0336. The predicted molar refractivity (Wildman–Crippen MR) is 120 cm³/mol. The van der Waals surface area contributed by atoms with Crippen molar-refractivity contribution in [1.82, 2.24) is 15.2 Å². The van der Waals surface area contributed by atoms with Gasteiger partial charge in [0.05, 0.1) is 6.04 Å². The highest BCUT2D eigenvalue weighted by Crippen LogP contribution is 2.38. The molecule has 2 amide bonds. The molecule has 5 rings (SSSR count). The van der Waals surface area contributed by atoms with Crippen molar-refractivity contribution in [2.45, 2.75) is 25.9 Å². The fourth-order valence-corrected chi connectivity index (χ4v) is 4.43. The van der Waals surface area contributed by atoms with Gasteiger partial charge in [-0.15, -0.1) is 0 Å². The molecule has 0 saturated heterocycles. The topological polar surface area (TPSA) is 48.1 Å². The number of carbonyl (C=O) groups is 1. The zero-order valence-corrected chi connectivity index (χ0v) is 17.1. The number of rotatable bonds is 3. The number of fused-ring (bicyclic) bond motifs is 3. The predicted octanol–water partition coefficient (Wildman–Crippen LogP) is 5.33. The molecule has 0 radical (unpaired) electrons. The number of aryl methyl sites for hydroxylation is 1. The van der Waals surface area contributed by atoms with Gasteiger partial charge in [-0.2, -0.15) is 0 Å². The maximum absolute atomic E-state index is 13.2. The fourth-order valence-electron chi connectivity index (χ4n) is 4.43. The summed E-state index contributed by atoms with van der Waals surface area (Å²) < 4.78 is 0. The first-order valence-corrected chi connectivity index (χ1v) is 10.4. The second-order valence-corrected chi connectivity index (χ2v) is 7.96. The minimum atomic E-state index is -0.127. The van der Waals surface area contributed by atoms with Crippen LogP contribution < -0.4 is 5.32 Å². The third kappa shape index (κ3) is 3.35. The van der Waals surface area contributed by atoms with Crippen LogP contribution in [0.1, 0.15) is 34.0 Å². The molecule has 1 aliphatic rings. The molecular formula is C26H25N3O. The van der Waals surface area contributed by atoms with Gasteiger partial charge < -0.3 is 15.2 Å². The monoisotopic (exact) mass is 395 g/mol. The van der Waals surface area contributed by atoms with E-state index in [9.17, 15) is 4.79 Å². The molecule has 4 heteroatoms. The third-order valence-electron chi connectivity index (χ3n) is 5.97. The lowest BCUT2D eigenvalue weighted by molar-refractivity contribution is 0.179. The number of benzene rings is 3. The van der Waals surface area contributed by atoms with Crippen LogP contribution in [-0.4, -0.2) is 22.5 Å². The summed E-state index contributed by atoms with van der Waals surface area (Å²) in [5, 5.41) is 4.38. The highest BCUT2D eigenvalue weighted by Gasteiger charge is 2.34. The average molecular weight is 396 g/mol. The molecule has 0 bridgehead atoms. The second kappa shape index (κ2) is 7.71. The summed E-state index contributed by atoms with van der Waals surface area (Å²) >= 11 is 0. The molecule has 4 aromatic rings. The third-order valence-corrected chi connectivity index (χ3v) is 5.97. The Labute approximate surface area is 176 Å². The van der Waals surface area contributed by atoms with Crippen molar-refractivity contribution in [3.05, 3.63) is 107 Å². The highest BCUT2D eigenvalue weighted by molar-refractivity contribution is 5.86. The molecule has 0 saturated carbocycles. The first-order chi connectivity index (χ1) is 14.7. The summed E-state index contributed by atoms with van der Waals surface area (Å²) in [4.78, 5) is 18.8. The van der Waals surface area contributed by atoms with Gasteiger partial charge in [-0.1, -0.05) is 78.4 Å². The Morgan fingerprint density at radius 1 is 1.00 bits per heavy atom.